The summed E-state index contributed by atoms with van der Waals surface area (Å²) < 4.78 is 13.5. The average molecular weight is 338 g/mol. The molecular weight excluding hydrogens is 323 g/mol. The molecule has 8 heteroatoms. The second-order valence-electron chi connectivity index (χ2n) is 5.34. The van der Waals surface area contributed by atoms with Crippen molar-refractivity contribution in [2.24, 2.45) is 0 Å². The summed E-state index contributed by atoms with van der Waals surface area (Å²) in [4.78, 5) is 22.6. The van der Waals surface area contributed by atoms with Gasteiger partial charge >= 0.3 is 0 Å². The Morgan fingerprint density at radius 3 is 2.78 bits per heavy atom. The molecule has 6 nitrogen and oxygen atoms in total. The lowest BCUT2D eigenvalue weighted by atomic mass is 9.99. The van der Waals surface area contributed by atoms with Crippen molar-refractivity contribution in [3.63, 3.8) is 0 Å². The first-order valence-electron chi connectivity index (χ1n) is 6.70. The second kappa shape index (κ2) is 6.43. The molecule has 0 radical (unpaired) electrons. The van der Waals surface area contributed by atoms with E-state index in [0.717, 1.165) is 12.1 Å². The van der Waals surface area contributed by atoms with Gasteiger partial charge in [-0.3, -0.25) is 14.9 Å². The molecule has 0 fully saturated rings. The molecule has 0 aliphatic heterocycles. The highest BCUT2D eigenvalue weighted by molar-refractivity contribution is 7.08. The number of aliphatic hydroxyl groups is 1. The largest absolute Gasteiger partial charge is 0.384 e. The zero-order valence-corrected chi connectivity index (χ0v) is 13.3. The van der Waals surface area contributed by atoms with Gasteiger partial charge in [0, 0.05) is 5.56 Å². The van der Waals surface area contributed by atoms with Crippen LogP contribution in [0.4, 0.5) is 10.1 Å². The van der Waals surface area contributed by atoms with Crippen LogP contribution in [0.2, 0.25) is 0 Å². The minimum absolute atomic E-state index is 0.0599. The molecule has 0 aliphatic rings. The molecule has 0 saturated carbocycles. The lowest BCUT2D eigenvalue weighted by Crippen LogP contribution is -2.38. The van der Waals surface area contributed by atoms with E-state index >= 15 is 0 Å². The van der Waals surface area contributed by atoms with Crippen LogP contribution in [0.3, 0.4) is 0 Å². The van der Waals surface area contributed by atoms with Crippen molar-refractivity contribution < 1.29 is 19.2 Å². The van der Waals surface area contributed by atoms with Crippen LogP contribution in [0, 0.1) is 22.9 Å². The van der Waals surface area contributed by atoms with Crippen molar-refractivity contribution in [2.75, 3.05) is 6.54 Å². The summed E-state index contributed by atoms with van der Waals surface area (Å²) in [7, 11) is 0. The molecule has 0 bridgehead atoms. The van der Waals surface area contributed by atoms with Gasteiger partial charge in [0.15, 0.2) is 0 Å². The standard InChI is InChI=1S/C15H15FN2O4S/c1-9-5-11(16)6-12(13(9)18(21)22)14(19)17-8-15(2,20)10-3-4-23-7-10/h3-7,20H,8H2,1-2H3,(H,17,19). The SMILES string of the molecule is Cc1cc(F)cc(C(=O)NCC(C)(O)c2ccsc2)c1[N+](=O)[O-]. The van der Waals surface area contributed by atoms with E-state index in [1.807, 2.05) is 0 Å². The first kappa shape index (κ1) is 17.0. The van der Waals surface area contributed by atoms with Crippen LogP contribution in [0.15, 0.2) is 29.0 Å². The van der Waals surface area contributed by atoms with Crippen LogP contribution < -0.4 is 5.32 Å². The van der Waals surface area contributed by atoms with Crippen molar-refractivity contribution in [3.05, 3.63) is 61.6 Å². The highest BCUT2D eigenvalue weighted by Gasteiger charge is 2.28. The van der Waals surface area contributed by atoms with Gasteiger partial charge in [-0.25, -0.2) is 4.39 Å². The number of nitro benzene ring substituents is 1. The number of halogens is 1. The molecule has 0 aliphatic carbocycles. The summed E-state index contributed by atoms with van der Waals surface area (Å²) in [6.07, 6.45) is 0. The van der Waals surface area contributed by atoms with Gasteiger partial charge in [0.05, 0.1) is 11.5 Å². The maximum atomic E-state index is 13.5. The van der Waals surface area contributed by atoms with Crippen molar-refractivity contribution >= 4 is 22.9 Å². The topological polar surface area (TPSA) is 92.5 Å². The molecule has 23 heavy (non-hydrogen) atoms. The van der Waals surface area contributed by atoms with Crippen molar-refractivity contribution in [2.45, 2.75) is 19.4 Å². The van der Waals surface area contributed by atoms with E-state index in [0.29, 0.717) is 5.56 Å². The van der Waals surface area contributed by atoms with Gasteiger partial charge in [-0.1, -0.05) is 0 Å². The van der Waals surface area contributed by atoms with Crippen LogP contribution in [-0.2, 0) is 5.60 Å². The van der Waals surface area contributed by atoms with Crippen molar-refractivity contribution in [1.29, 1.82) is 0 Å². The van der Waals surface area contributed by atoms with Gasteiger partial charge in [-0.15, -0.1) is 0 Å². The number of amides is 1. The third-order valence-electron chi connectivity index (χ3n) is 3.43. The molecule has 1 heterocycles. The summed E-state index contributed by atoms with van der Waals surface area (Å²) in [6, 6.07) is 3.53. The lowest BCUT2D eigenvalue weighted by molar-refractivity contribution is -0.385. The number of hydrogen-bond acceptors (Lipinski definition) is 5. The highest BCUT2D eigenvalue weighted by Crippen LogP contribution is 2.26. The summed E-state index contributed by atoms with van der Waals surface area (Å²) in [5, 5.41) is 27.4. The van der Waals surface area contributed by atoms with E-state index in [1.165, 1.54) is 25.2 Å². The number of carbonyl (C=O) groups excluding carboxylic acids is 1. The Balaban J connectivity index is 2.23. The minimum Gasteiger partial charge on any atom is -0.384 e. The molecule has 122 valence electrons. The van der Waals surface area contributed by atoms with Gasteiger partial charge in [0.25, 0.3) is 11.6 Å². The molecule has 2 aromatic rings. The zero-order valence-electron chi connectivity index (χ0n) is 12.5. The van der Waals surface area contributed by atoms with Gasteiger partial charge < -0.3 is 10.4 Å². The number of hydrogen-bond donors (Lipinski definition) is 2. The summed E-state index contributed by atoms with van der Waals surface area (Å²) in [6.45, 7) is 2.72. The average Bonchev–Trinajstić information content (AvgIpc) is 2.98. The first-order chi connectivity index (χ1) is 10.7. The Hall–Kier alpha value is -2.32. The predicted octanol–water partition coefficient (Wildman–Crippen LogP) is 2.74. The van der Waals surface area contributed by atoms with E-state index in [-0.39, 0.29) is 17.7 Å². The van der Waals surface area contributed by atoms with E-state index in [2.05, 4.69) is 5.32 Å². The number of rotatable bonds is 5. The molecule has 1 aromatic carbocycles. The van der Waals surface area contributed by atoms with E-state index < -0.39 is 27.9 Å². The first-order valence-corrected chi connectivity index (χ1v) is 7.64. The minimum atomic E-state index is -1.33. The monoisotopic (exact) mass is 338 g/mol. The smallest absolute Gasteiger partial charge is 0.285 e. The van der Waals surface area contributed by atoms with Crippen molar-refractivity contribution in [3.8, 4) is 0 Å². The summed E-state index contributed by atoms with van der Waals surface area (Å²) in [5.74, 6) is -1.54. The molecule has 2 rings (SSSR count). The molecule has 1 aromatic heterocycles. The number of aryl methyl sites for hydroxylation is 1. The fraction of sp³-hybridized carbons (Fsp3) is 0.267. The third kappa shape index (κ3) is 3.72. The maximum absolute atomic E-state index is 13.5. The lowest BCUT2D eigenvalue weighted by Gasteiger charge is -2.22. The van der Waals surface area contributed by atoms with E-state index in [1.54, 1.807) is 16.8 Å². The zero-order chi connectivity index (χ0) is 17.2. The number of benzene rings is 1. The Labute approximate surface area is 135 Å². The van der Waals surface area contributed by atoms with Gasteiger partial charge in [-0.2, -0.15) is 11.3 Å². The Bertz CT molecular complexity index is 744. The summed E-state index contributed by atoms with van der Waals surface area (Å²) >= 11 is 1.40. The molecule has 1 unspecified atom stereocenters. The molecule has 0 spiro atoms. The predicted molar refractivity (Wildman–Crippen MR) is 84.0 cm³/mol. The number of nitrogens with zero attached hydrogens (tertiary/aromatic N) is 1. The van der Waals surface area contributed by atoms with Gasteiger partial charge in [-0.05, 0) is 48.4 Å². The Morgan fingerprint density at radius 1 is 1.52 bits per heavy atom. The Morgan fingerprint density at radius 2 is 2.22 bits per heavy atom. The highest BCUT2D eigenvalue weighted by atomic mass is 32.1. The molecule has 0 saturated heterocycles. The molecule has 1 amide bonds. The summed E-state index contributed by atoms with van der Waals surface area (Å²) in [5.41, 5.74) is -1.46. The van der Waals surface area contributed by atoms with Crippen LogP contribution in [-0.4, -0.2) is 22.5 Å². The van der Waals surface area contributed by atoms with Gasteiger partial charge in [0.1, 0.15) is 17.0 Å². The second-order valence-corrected chi connectivity index (χ2v) is 6.12. The maximum Gasteiger partial charge on any atom is 0.285 e. The number of thiophene rings is 1. The van der Waals surface area contributed by atoms with E-state index in [4.69, 9.17) is 0 Å². The molecule has 1 atom stereocenters. The van der Waals surface area contributed by atoms with E-state index in [9.17, 15) is 24.4 Å². The third-order valence-corrected chi connectivity index (χ3v) is 4.11. The van der Waals surface area contributed by atoms with Crippen LogP contribution >= 0.6 is 11.3 Å². The van der Waals surface area contributed by atoms with Crippen molar-refractivity contribution in [1.82, 2.24) is 5.32 Å². The van der Waals surface area contributed by atoms with Crippen LogP contribution in [0.1, 0.15) is 28.4 Å². The molecule has 2 N–H and O–H groups in total. The fourth-order valence-corrected chi connectivity index (χ4v) is 2.95. The quantitative estimate of drug-likeness (QED) is 0.647. The number of carbonyl (C=O) groups is 1. The fourth-order valence-electron chi connectivity index (χ4n) is 2.17. The normalized spacial score (nSPS) is 13.4. The Kier molecular flexibility index (Phi) is 4.76. The van der Waals surface area contributed by atoms with Crippen LogP contribution in [0.5, 0.6) is 0 Å². The van der Waals surface area contributed by atoms with Crippen LogP contribution in [0.25, 0.3) is 0 Å². The number of nitrogens with one attached hydrogen (secondary N) is 1. The number of nitro groups is 1. The molecular formula is C15H15FN2O4S. The van der Waals surface area contributed by atoms with Gasteiger partial charge in [0.2, 0.25) is 0 Å².